The zero-order chi connectivity index (χ0) is 20.4. The van der Waals surface area contributed by atoms with Crippen LogP contribution >= 0.6 is 0 Å². The second kappa shape index (κ2) is 11.0. The number of aliphatic carboxylic acids is 2. The van der Waals surface area contributed by atoms with Gasteiger partial charge < -0.3 is 32.3 Å². The lowest BCUT2D eigenvalue weighted by atomic mass is 9.99. The number of amides is 3. The fourth-order valence-electron chi connectivity index (χ4n) is 1.99. The monoisotopic (exact) mass is 374 g/mol. The van der Waals surface area contributed by atoms with Gasteiger partial charge in [0.2, 0.25) is 17.7 Å². The molecule has 0 fully saturated rings. The highest BCUT2D eigenvalue weighted by Crippen LogP contribution is 2.06. The molecular formula is C15H26N4O7. The van der Waals surface area contributed by atoms with Crippen LogP contribution in [-0.4, -0.2) is 58.0 Å². The summed E-state index contributed by atoms with van der Waals surface area (Å²) < 4.78 is 0. The quantitative estimate of drug-likeness (QED) is 0.228. The van der Waals surface area contributed by atoms with Gasteiger partial charge in [0.25, 0.3) is 0 Å². The van der Waals surface area contributed by atoms with Gasteiger partial charge in [-0.05, 0) is 12.3 Å². The Kier molecular flexibility index (Phi) is 9.89. The van der Waals surface area contributed by atoms with E-state index in [-0.39, 0.29) is 12.3 Å². The molecule has 0 rings (SSSR count). The molecule has 0 aromatic carbocycles. The number of carbonyl (C=O) groups is 5. The van der Waals surface area contributed by atoms with Crippen molar-refractivity contribution >= 4 is 29.7 Å². The molecule has 4 unspecified atom stereocenters. The number of nitrogens with one attached hydrogen (secondary N) is 2. The van der Waals surface area contributed by atoms with E-state index in [1.807, 2.05) is 6.92 Å². The van der Waals surface area contributed by atoms with Crippen molar-refractivity contribution in [3.63, 3.8) is 0 Å². The molecule has 0 aromatic heterocycles. The zero-order valence-electron chi connectivity index (χ0n) is 14.7. The lowest BCUT2D eigenvalue weighted by Crippen LogP contribution is -2.56. The second-order valence-corrected chi connectivity index (χ2v) is 5.97. The van der Waals surface area contributed by atoms with E-state index in [2.05, 4.69) is 10.6 Å². The van der Waals surface area contributed by atoms with Gasteiger partial charge in [-0.2, -0.15) is 0 Å². The number of carboxylic acid groups (broad SMARTS) is 2. The van der Waals surface area contributed by atoms with E-state index >= 15 is 0 Å². The van der Waals surface area contributed by atoms with Crippen LogP contribution in [0.4, 0.5) is 0 Å². The van der Waals surface area contributed by atoms with Crippen LogP contribution in [0.2, 0.25) is 0 Å². The Morgan fingerprint density at radius 2 is 1.54 bits per heavy atom. The number of carboxylic acids is 2. The maximum atomic E-state index is 12.3. The maximum absolute atomic E-state index is 12.3. The fraction of sp³-hybridized carbons (Fsp3) is 0.667. The molecule has 0 radical (unpaired) electrons. The van der Waals surface area contributed by atoms with E-state index < -0.39 is 60.6 Å². The van der Waals surface area contributed by atoms with Crippen molar-refractivity contribution in [3.05, 3.63) is 0 Å². The van der Waals surface area contributed by atoms with Crippen LogP contribution < -0.4 is 22.1 Å². The molecule has 26 heavy (non-hydrogen) atoms. The molecule has 0 saturated carbocycles. The summed E-state index contributed by atoms with van der Waals surface area (Å²) in [5.41, 5.74) is 10.8. The molecule has 0 aliphatic heterocycles. The van der Waals surface area contributed by atoms with Gasteiger partial charge >= 0.3 is 11.9 Å². The van der Waals surface area contributed by atoms with Crippen molar-refractivity contribution in [3.8, 4) is 0 Å². The van der Waals surface area contributed by atoms with Gasteiger partial charge in [-0.15, -0.1) is 0 Å². The highest BCUT2D eigenvalue weighted by molar-refractivity contribution is 5.94. The Hall–Kier alpha value is -2.69. The summed E-state index contributed by atoms with van der Waals surface area (Å²) in [6.45, 7) is 3.56. The molecule has 11 nitrogen and oxygen atoms in total. The highest BCUT2D eigenvalue weighted by Gasteiger charge is 2.30. The Balaban J connectivity index is 5.11. The summed E-state index contributed by atoms with van der Waals surface area (Å²) in [5.74, 6) is -5.40. The van der Waals surface area contributed by atoms with Crippen molar-refractivity contribution < 1.29 is 34.2 Å². The van der Waals surface area contributed by atoms with Crippen molar-refractivity contribution in [2.24, 2.45) is 17.4 Å². The average Bonchev–Trinajstić information content (AvgIpc) is 2.55. The van der Waals surface area contributed by atoms with Gasteiger partial charge in [-0.3, -0.25) is 19.2 Å². The minimum absolute atomic E-state index is 0.186. The van der Waals surface area contributed by atoms with Crippen LogP contribution in [0, 0.1) is 5.92 Å². The number of hydrogen-bond donors (Lipinski definition) is 6. The summed E-state index contributed by atoms with van der Waals surface area (Å²) >= 11 is 0. The summed E-state index contributed by atoms with van der Waals surface area (Å²) in [4.78, 5) is 57.2. The minimum atomic E-state index is -1.49. The summed E-state index contributed by atoms with van der Waals surface area (Å²) in [6.07, 6.45) is -0.795. The SMILES string of the molecule is CCC(C)C(N)C(=O)NC(CC(N)=O)C(=O)NC(CCC(=O)O)C(=O)O. The third kappa shape index (κ3) is 8.42. The first kappa shape index (κ1) is 23.3. The van der Waals surface area contributed by atoms with Crippen molar-refractivity contribution in [2.45, 2.75) is 57.7 Å². The van der Waals surface area contributed by atoms with Crippen molar-refractivity contribution in [2.75, 3.05) is 0 Å². The molecule has 148 valence electrons. The van der Waals surface area contributed by atoms with Gasteiger partial charge in [0.05, 0.1) is 12.5 Å². The van der Waals surface area contributed by atoms with Crippen LogP contribution in [-0.2, 0) is 24.0 Å². The third-order valence-electron chi connectivity index (χ3n) is 3.86. The molecule has 11 heteroatoms. The first-order valence-electron chi connectivity index (χ1n) is 8.08. The lowest BCUT2D eigenvalue weighted by Gasteiger charge is -2.23. The van der Waals surface area contributed by atoms with Gasteiger partial charge in [0, 0.05) is 6.42 Å². The largest absolute Gasteiger partial charge is 0.481 e. The molecule has 0 bridgehead atoms. The number of rotatable bonds is 12. The molecule has 0 aliphatic carbocycles. The normalized spacial score (nSPS) is 15.2. The van der Waals surface area contributed by atoms with E-state index in [1.54, 1.807) is 6.92 Å². The molecule has 3 amide bonds. The van der Waals surface area contributed by atoms with Gasteiger partial charge in [0.15, 0.2) is 0 Å². The molecular weight excluding hydrogens is 348 g/mol. The average molecular weight is 374 g/mol. The Morgan fingerprint density at radius 3 is 1.96 bits per heavy atom. The van der Waals surface area contributed by atoms with E-state index in [0.29, 0.717) is 6.42 Å². The lowest BCUT2D eigenvalue weighted by molar-refractivity contribution is -0.143. The van der Waals surface area contributed by atoms with Crippen LogP contribution in [0.3, 0.4) is 0 Å². The predicted molar refractivity (Wildman–Crippen MR) is 89.6 cm³/mol. The third-order valence-corrected chi connectivity index (χ3v) is 3.86. The Morgan fingerprint density at radius 1 is 1.00 bits per heavy atom. The van der Waals surface area contributed by atoms with E-state index in [9.17, 15) is 24.0 Å². The topological polar surface area (TPSA) is 202 Å². The Labute approximate surface area is 150 Å². The number of nitrogens with two attached hydrogens (primary N) is 2. The van der Waals surface area contributed by atoms with Crippen LogP contribution in [0.1, 0.15) is 39.5 Å². The Bertz CT molecular complexity index is 552. The van der Waals surface area contributed by atoms with E-state index in [4.69, 9.17) is 21.7 Å². The van der Waals surface area contributed by atoms with Gasteiger partial charge in [0.1, 0.15) is 12.1 Å². The smallest absolute Gasteiger partial charge is 0.326 e. The minimum Gasteiger partial charge on any atom is -0.481 e. The van der Waals surface area contributed by atoms with Crippen molar-refractivity contribution in [1.29, 1.82) is 0 Å². The summed E-state index contributed by atoms with van der Waals surface area (Å²) in [6, 6.07) is -3.83. The zero-order valence-corrected chi connectivity index (χ0v) is 14.7. The summed E-state index contributed by atoms with van der Waals surface area (Å²) in [5, 5.41) is 22.1. The molecule has 4 atom stereocenters. The number of hydrogen-bond acceptors (Lipinski definition) is 6. The molecule has 8 N–H and O–H groups in total. The second-order valence-electron chi connectivity index (χ2n) is 5.97. The number of primary amides is 1. The van der Waals surface area contributed by atoms with Crippen LogP contribution in [0.25, 0.3) is 0 Å². The fourth-order valence-corrected chi connectivity index (χ4v) is 1.99. The van der Waals surface area contributed by atoms with Crippen LogP contribution in [0.5, 0.6) is 0 Å². The van der Waals surface area contributed by atoms with Crippen LogP contribution in [0.15, 0.2) is 0 Å². The maximum Gasteiger partial charge on any atom is 0.326 e. The predicted octanol–water partition coefficient (Wildman–Crippen LogP) is -1.85. The molecule has 0 spiro atoms. The van der Waals surface area contributed by atoms with Gasteiger partial charge in [-0.1, -0.05) is 20.3 Å². The van der Waals surface area contributed by atoms with E-state index in [1.165, 1.54) is 0 Å². The summed E-state index contributed by atoms with van der Waals surface area (Å²) in [7, 11) is 0. The number of carbonyl (C=O) groups excluding carboxylic acids is 3. The van der Waals surface area contributed by atoms with E-state index in [0.717, 1.165) is 0 Å². The molecule has 0 heterocycles. The standard InChI is InChI=1S/C15H26N4O7/c1-3-7(2)12(17)14(24)19-9(6-10(16)20)13(23)18-8(15(25)26)4-5-11(21)22/h7-9,12H,3-6,17H2,1-2H3,(H2,16,20)(H,18,23)(H,19,24)(H,21,22)(H,25,26). The van der Waals surface area contributed by atoms with Crippen molar-refractivity contribution in [1.82, 2.24) is 10.6 Å². The molecule has 0 aromatic rings. The first-order chi connectivity index (χ1) is 12.0. The molecule has 0 saturated heterocycles. The van der Waals surface area contributed by atoms with Gasteiger partial charge in [-0.25, -0.2) is 4.79 Å². The highest BCUT2D eigenvalue weighted by atomic mass is 16.4. The molecule has 0 aliphatic rings. The first-order valence-corrected chi connectivity index (χ1v) is 8.08.